The van der Waals surface area contributed by atoms with Crippen molar-refractivity contribution in [2.75, 3.05) is 5.32 Å². The quantitative estimate of drug-likeness (QED) is 0.664. The van der Waals surface area contributed by atoms with Crippen molar-refractivity contribution in [3.05, 3.63) is 28.2 Å². The van der Waals surface area contributed by atoms with Gasteiger partial charge in [0.25, 0.3) is 0 Å². The zero-order valence-corrected chi connectivity index (χ0v) is 14.1. The Morgan fingerprint density at radius 1 is 0.810 bits per heavy atom. The van der Waals surface area contributed by atoms with Crippen molar-refractivity contribution in [2.45, 2.75) is 63.8 Å². The van der Waals surface area contributed by atoms with Crippen LogP contribution in [0.4, 0.5) is 5.69 Å². The Morgan fingerprint density at radius 3 is 2.14 bits per heavy atom. The first-order chi connectivity index (χ1) is 10.3. The van der Waals surface area contributed by atoms with E-state index in [1.165, 1.54) is 57.8 Å². The number of hydrogen-bond donors (Lipinski definition) is 1. The van der Waals surface area contributed by atoms with Gasteiger partial charge in [-0.05, 0) is 36.8 Å². The molecule has 1 aromatic rings. The predicted octanol–water partition coefficient (Wildman–Crippen LogP) is 6.54. The van der Waals surface area contributed by atoms with Gasteiger partial charge in [0.2, 0.25) is 0 Å². The summed E-state index contributed by atoms with van der Waals surface area (Å²) in [5.41, 5.74) is 0.938. The highest BCUT2D eigenvalue weighted by molar-refractivity contribution is 6.39. The fourth-order valence-corrected chi connectivity index (χ4v) is 4.79. The molecule has 1 nitrogen and oxygen atoms in total. The molecule has 3 rings (SSSR count). The van der Waals surface area contributed by atoms with Crippen molar-refractivity contribution in [3.8, 4) is 0 Å². The first kappa shape index (κ1) is 15.5. The maximum absolute atomic E-state index is 6.34. The first-order valence-electron chi connectivity index (χ1n) is 8.46. The highest BCUT2D eigenvalue weighted by atomic mass is 35.5. The van der Waals surface area contributed by atoms with E-state index >= 15 is 0 Å². The lowest BCUT2D eigenvalue weighted by Gasteiger charge is -2.40. The van der Waals surface area contributed by atoms with Crippen LogP contribution in [0.3, 0.4) is 0 Å². The summed E-state index contributed by atoms with van der Waals surface area (Å²) < 4.78 is 0. The van der Waals surface area contributed by atoms with Crippen LogP contribution in [0.25, 0.3) is 0 Å². The molecule has 116 valence electrons. The minimum atomic E-state index is 0.541. The van der Waals surface area contributed by atoms with E-state index in [2.05, 4.69) is 5.32 Å². The van der Waals surface area contributed by atoms with E-state index in [0.717, 1.165) is 27.6 Å². The van der Waals surface area contributed by atoms with Gasteiger partial charge in [0, 0.05) is 6.04 Å². The maximum Gasteiger partial charge on any atom is 0.0721 e. The number of para-hydroxylation sites is 1. The number of rotatable bonds is 3. The van der Waals surface area contributed by atoms with Crippen molar-refractivity contribution in [3.63, 3.8) is 0 Å². The van der Waals surface area contributed by atoms with Gasteiger partial charge in [-0.3, -0.25) is 0 Å². The Balaban J connectivity index is 1.74. The van der Waals surface area contributed by atoms with Gasteiger partial charge in [0.1, 0.15) is 0 Å². The summed E-state index contributed by atoms with van der Waals surface area (Å²) in [7, 11) is 0. The number of nitrogens with one attached hydrogen (secondary N) is 1. The van der Waals surface area contributed by atoms with Crippen LogP contribution >= 0.6 is 23.2 Å². The van der Waals surface area contributed by atoms with E-state index in [4.69, 9.17) is 23.2 Å². The highest BCUT2D eigenvalue weighted by Crippen LogP contribution is 2.41. The molecule has 2 unspecified atom stereocenters. The van der Waals surface area contributed by atoms with Gasteiger partial charge in [-0.2, -0.15) is 0 Å². The molecule has 1 aromatic carbocycles. The Kier molecular flexibility index (Phi) is 5.34. The Bertz CT molecular complexity index is 448. The topological polar surface area (TPSA) is 12.0 Å². The SMILES string of the molecule is Clc1cccc(Cl)c1NC1CCCCC1C1CCCCC1. The van der Waals surface area contributed by atoms with Crippen molar-refractivity contribution < 1.29 is 0 Å². The monoisotopic (exact) mass is 325 g/mol. The molecular weight excluding hydrogens is 301 g/mol. The second-order valence-electron chi connectivity index (χ2n) is 6.69. The summed E-state index contributed by atoms with van der Waals surface area (Å²) in [5, 5.41) is 5.19. The molecule has 2 aliphatic rings. The molecule has 0 aromatic heterocycles. The molecule has 0 saturated heterocycles. The number of anilines is 1. The molecule has 2 saturated carbocycles. The van der Waals surface area contributed by atoms with Gasteiger partial charge in [-0.25, -0.2) is 0 Å². The van der Waals surface area contributed by atoms with Crippen molar-refractivity contribution >= 4 is 28.9 Å². The average molecular weight is 326 g/mol. The van der Waals surface area contributed by atoms with Crippen LogP contribution in [0.2, 0.25) is 10.0 Å². The standard InChI is InChI=1S/C18H25Cl2N/c19-15-10-6-11-16(20)18(15)21-17-12-5-4-9-14(17)13-7-2-1-3-8-13/h6,10-11,13-14,17,21H,1-5,7-9,12H2. The lowest BCUT2D eigenvalue weighted by atomic mass is 9.71. The largest absolute Gasteiger partial charge is 0.380 e. The molecular formula is C18H25Cl2N. The van der Waals surface area contributed by atoms with Crippen LogP contribution in [-0.4, -0.2) is 6.04 Å². The van der Waals surface area contributed by atoms with Crippen LogP contribution in [0, 0.1) is 11.8 Å². The van der Waals surface area contributed by atoms with Crippen molar-refractivity contribution in [1.29, 1.82) is 0 Å². The summed E-state index contributed by atoms with van der Waals surface area (Å²) in [6.07, 6.45) is 12.4. The summed E-state index contributed by atoms with van der Waals surface area (Å²) in [6, 6.07) is 6.30. The minimum Gasteiger partial charge on any atom is -0.380 e. The Hall–Kier alpha value is -0.400. The molecule has 0 bridgehead atoms. The van der Waals surface area contributed by atoms with E-state index in [1.807, 2.05) is 18.2 Å². The third kappa shape index (κ3) is 3.68. The molecule has 21 heavy (non-hydrogen) atoms. The minimum absolute atomic E-state index is 0.541. The second-order valence-corrected chi connectivity index (χ2v) is 7.51. The van der Waals surface area contributed by atoms with E-state index in [0.29, 0.717) is 6.04 Å². The van der Waals surface area contributed by atoms with Crippen LogP contribution < -0.4 is 5.32 Å². The fourth-order valence-electron chi connectivity index (χ4n) is 4.29. The average Bonchev–Trinajstić information content (AvgIpc) is 2.52. The molecule has 0 aliphatic heterocycles. The van der Waals surface area contributed by atoms with Crippen LogP contribution in [0.15, 0.2) is 18.2 Å². The number of hydrogen-bond acceptors (Lipinski definition) is 1. The molecule has 1 N–H and O–H groups in total. The van der Waals surface area contributed by atoms with Gasteiger partial charge in [-0.15, -0.1) is 0 Å². The molecule has 0 amide bonds. The van der Waals surface area contributed by atoms with Gasteiger partial charge in [0.05, 0.1) is 15.7 Å². The van der Waals surface area contributed by atoms with Crippen LogP contribution in [0.5, 0.6) is 0 Å². The van der Waals surface area contributed by atoms with Gasteiger partial charge in [0.15, 0.2) is 0 Å². The Labute approximate surface area is 138 Å². The fraction of sp³-hybridized carbons (Fsp3) is 0.667. The predicted molar refractivity (Wildman–Crippen MR) is 92.4 cm³/mol. The molecule has 0 radical (unpaired) electrons. The highest BCUT2D eigenvalue weighted by Gasteiger charge is 2.32. The third-order valence-corrected chi connectivity index (χ3v) is 6.00. The molecule has 2 aliphatic carbocycles. The van der Waals surface area contributed by atoms with Gasteiger partial charge >= 0.3 is 0 Å². The Morgan fingerprint density at radius 2 is 1.43 bits per heavy atom. The molecule has 2 fully saturated rings. The molecule has 0 spiro atoms. The van der Waals surface area contributed by atoms with E-state index in [9.17, 15) is 0 Å². The van der Waals surface area contributed by atoms with Crippen LogP contribution in [0.1, 0.15) is 57.8 Å². The zero-order chi connectivity index (χ0) is 14.7. The van der Waals surface area contributed by atoms with E-state index in [-0.39, 0.29) is 0 Å². The molecule has 2 atom stereocenters. The second kappa shape index (κ2) is 7.24. The lowest BCUT2D eigenvalue weighted by Crippen LogP contribution is -2.37. The van der Waals surface area contributed by atoms with Crippen molar-refractivity contribution in [2.24, 2.45) is 11.8 Å². The maximum atomic E-state index is 6.34. The zero-order valence-electron chi connectivity index (χ0n) is 12.6. The smallest absolute Gasteiger partial charge is 0.0721 e. The first-order valence-corrected chi connectivity index (χ1v) is 9.22. The van der Waals surface area contributed by atoms with Crippen LogP contribution in [-0.2, 0) is 0 Å². The summed E-state index contributed by atoms with van der Waals surface area (Å²) >= 11 is 12.7. The molecule has 3 heteroatoms. The summed E-state index contributed by atoms with van der Waals surface area (Å²) in [6.45, 7) is 0. The van der Waals surface area contributed by atoms with E-state index < -0.39 is 0 Å². The summed E-state index contributed by atoms with van der Waals surface area (Å²) in [5.74, 6) is 1.70. The normalized spacial score (nSPS) is 27.5. The number of benzene rings is 1. The van der Waals surface area contributed by atoms with Gasteiger partial charge < -0.3 is 5.32 Å². The molecule has 0 heterocycles. The van der Waals surface area contributed by atoms with E-state index in [1.54, 1.807) is 0 Å². The third-order valence-electron chi connectivity index (χ3n) is 5.37. The summed E-state index contributed by atoms with van der Waals surface area (Å²) in [4.78, 5) is 0. The number of halogens is 2. The van der Waals surface area contributed by atoms with Gasteiger partial charge in [-0.1, -0.05) is 74.2 Å². The van der Waals surface area contributed by atoms with Crippen molar-refractivity contribution in [1.82, 2.24) is 0 Å². The lowest BCUT2D eigenvalue weighted by molar-refractivity contribution is 0.180.